The van der Waals surface area contributed by atoms with Crippen LogP contribution < -0.4 is 5.32 Å². The van der Waals surface area contributed by atoms with Crippen LogP contribution in [-0.2, 0) is 9.84 Å². The third kappa shape index (κ3) is 3.00. The van der Waals surface area contributed by atoms with Gasteiger partial charge in [0, 0.05) is 11.6 Å². The summed E-state index contributed by atoms with van der Waals surface area (Å²) < 4.78 is 28.1. The van der Waals surface area contributed by atoms with Gasteiger partial charge >= 0.3 is 0 Å². The fraction of sp³-hybridized carbons (Fsp3) is 0.267. The standard InChI is InChI=1S/C15H15NO4S/c17-15(16-12-7-9-21(18,19)10-12)14-13(6-8-20-14)11-4-2-1-3-5-11/h1-6,8,12H,7,9-10H2,(H,16,17). The first-order valence-electron chi connectivity index (χ1n) is 6.69. The van der Waals surface area contributed by atoms with Crippen molar-refractivity contribution >= 4 is 15.7 Å². The van der Waals surface area contributed by atoms with Gasteiger partial charge in [0.2, 0.25) is 0 Å². The van der Waals surface area contributed by atoms with Crippen LogP contribution in [-0.4, -0.2) is 31.9 Å². The highest BCUT2D eigenvalue weighted by Crippen LogP contribution is 2.25. The summed E-state index contributed by atoms with van der Waals surface area (Å²) in [6, 6.07) is 10.8. The Morgan fingerprint density at radius 3 is 2.62 bits per heavy atom. The molecule has 1 amide bonds. The zero-order valence-corrected chi connectivity index (χ0v) is 12.1. The topological polar surface area (TPSA) is 76.4 Å². The van der Waals surface area contributed by atoms with Crippen LogP contribution in [0.15, 0.2) is 47.1 Å². The minimum atomic E-state index is -3.02. The van der Waals surface area contributed by atoms with E-state index in [1.54, 1.807) is 6.07 Å². The quantitative estimate of drug-likeness (QED) is 0.939. The molecule has 1 atom stereocenters. The normalized spacial score (nSPS) is 20.3. The van der Waals surface area contributed by atoms with Crippen LogP contribution in [0.2, 0.25) is 0 Å². The Bertz CT molecular complexity index is 749. The Labute approximate surface area is 122 Å². The van der Waals surface area contributed by atoms with Crippen molar-refractivity contribution in [2.45, 2.75) is 12.5 Å². The zero-order chi connectivity index (χ0) is 14.9. The second-order valence-corrected chi connectivity index (χ2v) is 7.33. The Kier molecular flexibility index (Phi) is 3.55. The average Bonchev–Trinajstić information content (AvgIpc) is 3.06. The summed E-state index contributed by atoms with van der Waals surface area (Å²) in [6.45, 7) is 0. The predicted molar refractivity (Wildman–Crippen MR) is 78.7 cm³/mol. The van der Waals surface area contributed by atoms with E-state index in [0.29, 0.717) is 12.0 Å². The highest BCUT2D eigenvalue weighted by atomic mass is 32.2. The fourth-order valence-corrected chi connectivity index (χ4v) is 4.16. The van der Waals surface area contributed by atoms with E-state index in [9.17, 15) is 13.2 Å². The van der Waals surface area contributed by atoms with E-state index in [4.69, 9.17) is 4.42 Å². The third-order valence-corrected chi connectivity index (χ3v) is 5.29. The molecule has 2 aromatic rings. The van der Waals surface area contributed by atoms with E-state index in [1.807, 2.05) is 30.3 Å². The van der Waals surface area contributed by atoms with Gasteiger partial charge in [0.1, 0.15) is 0 Å². The highest BCUT2D eigenvalue weighted by Gasteiger charge is 2.30. The minimum Gasteiger partial charge on any atom is -0.459 e. The van der Waals surface area contributed by atoms with Gasteiger partial charge in [-0.05, 0) is 18.1 Å². The molecule has 1 unspecified atom stereocenters. The van der Waals surface area contributed by atoms with E-state index in [0.717, 1.165) is 5.56 Å². The summed E-state index contributed by atoms with van der Waals surface area (Å²) in [4.78, 5) is 12.3. The van der Waals surface area contributed by atoms with E-state index in [2.05, 4.69) is 5.32 Å². The molecule has 1 aliphatic rings. The lowest BCUT2D eigenvalue weighted by molar-refractivity contribution is 0.0914. The number of furan rings is 1. The molecule has 1 N–H and O–H groups in total. The van der Waals surface area contributed by atoms with E-state index < -0.39 is 9.84 Å². The van der Waals surface area contributed by atoms with Gasteiger partial charge < -0.3 is 9.73 Å². The molecule has 0 bridgehead atoms. The first kappa shape index (κ1) is 13.9. The number of carbonyl (C=O) groups is 1. The molecule has 0 aliphatic carbocycles. The molecule has 1 aromatic heterocycles. The average molecular weight is 305 g/mol. The van der Waals surface area contributed by atoms with Gasteiger partial charge in [0.05, 0.1) is 17.8 Å². The molecule has 21 heavy (non-hydrogen) atoms. The third-order valence-electron chi connectivity index (χ3n) is 3.52. The molecule has 3 rings (SSSR count). The van der Waals surface area contributed by atoms with Gasteiger partial charge in [-0.1, -0.05) is 30.3 Å². The second-order valence-electron chi connectivity index (χ2n) is 5.10. The molecule has 1 saturated heterocycles. The summed E-state index contributed by atoms with van der Waals surface area (Å²) in [7, 11) is -3.02. The number of nitrogens with one attached hydrogen (secondary N) is 1. The number of carbonyl (C=O) groups excluding carboxylic acids is 1. The largest absolute Gasteiger partial charge is 0.459 e. The molecule has 5 nitrogen and oxygen atoms in total. The lowest BCUT2D eigenvalue weighted by Gasteiger charge is -2.10. The molecular weight excluding hydrogens is 290 g/mol. The van der Waals surface area contributed by atoms with Crippen LogP contribution in [0.25, 0.3) is 11.1 Å². The highest BCUT2D eigenvalue weighted by molar-refractivity contribution is 7.91. The minimum absolute atomic E-state index is 0.000118. The Balaban J connectivity index is 1.79. The van der Waals surface area contributed by atoms with Crippen LogP contribution in [0.1, 0.15) is 17.0 Å². The number of rotatable bonds is 3. The zero-order valence-electron chi connectivity index (χ0n) is 11.3. The molecule has 1 fully saturated rings. The SMILES string of the molecule is O=C(NC1CCS(=O)(=O)C1)c1occc1-c1ccccc1. The molecule has 0 saturated carbocycles. The number of hydrogen-bond acceptors (Lipinski definition) is 4. The first-order valence-corrected chi connectivity index (χ1v) is 8.51. The summed E-state index contributed by atoms with van der Waals surface area (Å²) in [5.74, 6) is -0.0339. The van der Waals surface area contributed by atoms with Crippen molar-refractivity contribution in [3.63, 3.8) is 0 Å². The Morgan fingerprint density at radius 2 is 1.95 bits per heavy atom. The number of benzene rings is 1. The molecule has 6 heteroatoms. The van der Waals surface area contributed by atoms with E-state index in [1.165, 1.54) is 6.26 Å². The van der Waals surface area contributed by atoms with Gasteiger partial charge in [-0.3, -0.25) is 4.79 Å². The summed E-state index contributed by atoms with van der Waals surface area (Å²) in [5, 5.41) is 2.74. The predicted octanol–water partition coefficient (Wildman–Crippen LogP) is 1.86. The van der Waals surface area contributed by atoms with Crippen molar-refractivity contribution in [2.24, 2.45) is 0 Å². The van der Waals surface area contributed by atoms with Crippen molar-refractivity contribution in [3.8, 4) is 11.1 Å². The smallest absolute Gasteiger partial charge is 0.287 e. The number of amides is 1. The van der Waals surface area contributed by atoms with E-state index >= 15 is 0 Å². The van der Waals surface area contributed by atoms with Gasteiger partial charge in [-0.15, -0.1) is 0 Å². The maximum Gasteiger partial charge on any atom is 0.287 e. The first-order chi connectivity index (χ1) is 10.1. The van der Waals surface area contributed by atoms with Crippen molar-refractivity contribution in [2.75, 3.05) is 11.5 Å². The molecule has 1 aromatic carbocycles. The second kappa shape index (κ2) is 5.37. The van der Waals surface area contributed by atoms with Crippen LogP contribution in [0.4, 0.5) is 0 Å². The van der Waals surface area contributed by atoms with Gasteiger partial charge in [0.15, 0.2) is 15.6 Å². The summed E-state index contributed by atoms with van der Waals surface area (Å²) in [6.07, 6.45) is 1.91. The summed E-state index contributed by atoms with van der Waals surface area (Å²) in [5.41, 5.74) is 1.59. The van der Waals surface area contributed by atoms with Crippen molar-refractivity contribution in [1.82, 2.24) is 5.32 Å². The van der Waals surface area contributed by atoms with Crippen LogP contribution in [0.3, 0.4) is 0 Å². The van der Waals surface area contributed by atoms with E-state index in [-0.39, 0.29) is 29.2 Å². The van der Waals surface area contributed by atoms with Crippen LogP contribution in [0.5, 0.6) is 0 Å². The van der Waals surface area contributed by atoms with Crippen molar-refractivity contribution in [1.29, 1.82) is 0 Å². The summed E-state index contributed by atoms with van der Waals surface area (Å²) >= 11 is 0. The lowest BCUT2D eigenvalue weighted by atomic mass is 10.1. The fourth-order valence-electron chi connectivity index (χ4n) is 2.49. The molecule has 2 heterocycles. The molecule has 0 spiro atoms. The van der Waals surface area contributed by atoms with Crippen molar-refractivity contribution < 1.29 is 17.6 Å². The van der Waals surface area contributed by atoms with Crippen molar-refractivity contribution in [3.05, 3.63) is 48.4 Å². The molecule has 110 valence electrons. The maximum atomic E-state index is 12.3. The monoisotopic (exact) mass is 305 g/mol. The molecular formula is C15H15NO4S. The van der Waals surface area contributed by atoms with Gasteiger partial charge in [0.25, 0.3) is 5.91 Å². The Morgan fingerprint density at radius 1 is 1.19 bits per heavy atom. The van der Waals surface area contributed by atoms with Gasteiger partial charge in [-0.2, -0.15) is 0 Å². The number of hydrogen-bond donors (Lipinski definition) is 1. The van der Waals surface area contributed by atoms with Crippen LogP contribution >= 0.6 is 0 Å². The van der Waals surface area contributed by atoms with Gasteiger partial charge in [-0.25, -0.2) is 8.42 Å². The van der Waals surface area contributed by atoms with Crippen LogP contribution in [0, 0.1) is 0 Å². The number of sulfone groups is 1. The Hall–Kier alpha value is -2.08. The maximum absolute atomic E-state index is 12.3. The molecule has 0 radical (unpaired) electrons. The lowest BCUT2D eigenvalue weighted by Crippen LogP contribution is -2.35. The molecule has 1 aliphatic heterocycles.